The largest absolute Gasteiger partial charge is 0.496 e. The lowest BCUT2D eigenvalue weighted by Gasteiger charge is -2.17. The van der Waals surface area contributed by atoms with Crippen LogP contribution in [-0.2, 0) is 13.0 Å². The molecule has 5 nitrogen and oxygen atoms in total. The molecule has 0 saturated heterocycles. The molecule has 1 aromatic heterocycles. The molecule has 1 aromatic carbocycles. The number of amides is 1. The molecule has 1 heterocycles. The highest BCUT2D eigenvalue weighted by molar-refractivity contribution is 7.09. The molecule has 0 spiro atoms. The maximum atomic E-state index is 12.4. The van der Waals surface area contributed by atoms with E-state index in [0.29, 0.717) is 25.2 Å². The number of rotatable bonds is 6. The zero-order chi connectivity index (χ0) is 16.1. The number of nitrogens with two attached hydrogens (primary N) is 1. The molecule has 0 atom stereocenters. The quantitative estimate of drug-likeness (QED) is 0.864. The van der Waals surface area contributed by atoms with E-state index in [4.69, 9.17) is 10.5 Å². The molecule has 126 valence electrons. The minimum atomic E-state index is -0.0759. The first-order chi connectivity index (χ1) is 10.5. The number of halogens is 1. The molecule has 0 aliphatic rings. The predicted octanol–water partition coefficient (Wildman–Crippen LogP) is 2.66. The first-order valence-electron chi connectivity index (χ1n) is 7.08. The lowest BCUT2D eigenvalue weighted by atomic mass is 10.1. The van der Waals surface area contributed by atoms with E-state index in [0.717, 1.165) is 21.9 Å². The lowest BCUT2D eigenvalue weighted by molar-refractivity contribution is 0.0780. The summed E-state index contributed by atoms with van der Waals surface area (Å²) >= 11 is 1.48. The first-order valence-corrected chi connectivity index (χ1v) is 7.96. The van der Waals surface area contributed by atoms with Gasteiger partial charge in [0.05, 0.1) is 12.1 Å². The van der Waals surface area contributed by atoms with Gasteiger partial charge in [0.25, 0.3) is 5.91 Å². The van der Waals surface area contributed by atoms with Crippen LogP contribution >= 0.6 is 23.7 Å². The third kappa shape index (κ3) is 4.92. The topological polar surface area (TPSA) is 68.5 Å². The highest BCUT2D eigenvalue weighted by atomic mass is 35.5. The Bertz CT molecular complexity index is 661. The van der Waals surface area contributed by atoms with Gasteiger partial charge in [-0.1, -0.05) is 12.1 Å². The predicted molar refractivity (Wildman–Crippen MR) is 95.6 cm³/mol. The van der Waals surface area contributed by atoms with Crippen molar-refractivity contribution in [2.45, 2.75) is 19.9 Å². The van der Waals surface area contributed by atoms with Crippen molar-refractivity contribution in [3.05, 3.63) is 45.4 Å². The van der Waals surface area contributed by atoms with Gasteiger partial charge < -0.3 is 15.4 Å². The Labute approximate surface area is 146 Å². The van der Waals surface area contributed by atoms with Gasteiger partial charge in [-0.3, -0.25) is 4.79 Å². The van der Waals surface area contributed by atoms with Crippen LogP contribution in [0.4, 0.5) is 0 Å². The summed E-state index contributed by atoms with van der Waals surface area (Å²) in [4.78, 5) is 18.4. The van der Waals surface area contributed by atoms with Gasteiger partial charge in [-0.2, -0.15) is 0 Å². The number of nitrogens with zero attached hydrogens (tertiary/aromatic N) is 2. The molecule has 23 heavy (non-hydrogen) atoms. The van der Waals surface area contributed by atoms with Crippen LogP contribution in [0.1, 0.15) is 26.6 Å². The minimum absolute atomic E-state index is 0. The third-order valence-electron chi connectivity index (χ3n) is 3.35. The number of aromatic nitrogens is 1. The molecular weight excluding hydrogens is 334 g/mol. The fourth-order valence-corrected chi connectivity index (χ4v) is 3.02. The summed E-state index contributed by atoms with van der Waals surface area (Å²) in [5, 5.41) is 2.70. The normalized spacial score (nSPS) is 10.1. The van der Waals surface area contributed by atoms with Gasteiger partial charge in [-0.05, 0) is 30.7 Å². The second-order valence-electron chi connectivity index (χ2n) is 5.13. The Hall–Kier alpha value is -1.63. The van der Waals surface area contributed by atoms with Crippen molar-refractivity contribution in [2.75, 3.05) is 20.7 Å². The van der Waals surface area contributed by atoms with Crippen molar-refractivity contribution in [3.8, 4) is 5.75 Å². The van der Waals surface area contributed by atoms with Crippen molar-refractivity contribution >= 4 is 29.7 Å². The summed E-state index contributed by atoms with van der Waals surface area (Å²) in [6, 6.07) is 5.92. The first kappa shape index (κ1) is 19.4. The van der Waals surface area contributed by atoms with Crippen LogP contribution in [-0.4, -0.2) is 36.5 Å². The van der Waals surface area contributed by atoms with Crippen LogP contribution in [0.5, 0.6) is 5.75 Å². The second kappa shape index (κ2) is 8.86. The summed E-state index contributed by atoms with van der Waals surface area (Å²) in [6.45, 7) is 3.07. The van der Waals surface area contributed by atoms with Gasteiger partial charge in [0.2, 0.25) is 0 Å². The fourth-order valence-electron chi connectivity index (χ4n) is 2.23. The number of methoxy groups -OCH3 is 1. The Morgan fingerprint density at radius 2 is 2.17 bits per heavy atom. The van der Waals surface area contributed by atoms with Crippen LogP contribution in [0.25, 0.3) is 0 Å². The molecule has 0 bridgehead atoms. The summed E-state index contributed by atoms with van der Waals surface area (Å²) in [7, 11) is 3.43. The Morgan fingerprint density at radius 3 is 2.78 bits per heavy atom. The van der Waals surface area contributed by atoms with Crippen LogP contribution < -0.4 is 10.5 Å². The molecule has 0 radical (unpaired) electrons. The number of carbonyl (C=O) groups is 1. The molecular formula is C16H22ClN3O2S. The molecule has 7 heteroatoms. The summed E-state index contributed by atoms with van der Waals surface area (Å²) in [5.74, 6) is 0.775. The average molecular weight is 356 g/mol. The zero-order valence-corrected chi connectivity index (χ0v) is 15.2. The van der Waals surface area contributed by atoms with Crippen molar-refractivity contribution in [3.63, 3.8) is 0 Å². The Morgan fingerprint density at radius 1 is 1.43 bits per heavy atom. The van der Waals surface area contributed by atoms with Crippen LogP contribution in [0.15, 0.2) is 23.6 Å². The van der Waals surface area contributed by atoms with Crippen LogP contribution in [0.2, 0.25) is 0 Å². The van der Waals surface area contributed by atoms with Gasteiger partial charge in [-0.15, -0.1) is 23.7 Å². The van der Waals surface area contributed by atoms with E-state index in [-0.39, 0.29) is 18.3 Å². The average Bonchev–Trinajstić information content (AvgIpc) is 2.95. The number of hydrogen-bond donors (Lipinski definition) is 1. The lowest BCUT2D eigenvalue weighted by Crippen LogP contribution is -2.26. The summed E-state index contributed by atoms with van der Waals surface area (Å²) < 4.78 is 5.25. The molecule has 0 saturated carbocycles. The molecule has 0 aliphatic carbocycles. The summed E-state index contributed by atoms with van der Waals surface area (Å²) in [6.07, 6.45) is 0.708. The SMILES string of the molecule is COc1ccc(CN(C)C(=O)c2csc(CCN)n2)cc1C.Cl. The third-order valence-corrected chi connectivity index (χ3v) is 4.26. The second-order valence-corrected chi connectivity index (χ2v) is 6.07. The van der Waals surface area contributed by atoms with E-state index in [1.807, 2.05) is 25.1 Å². The summed E-state index contributed by atoms with van der Waals surface area (Å²) in [5.41, 5.74) is 8.11. The van der Waals surface area contributed by atoms with Gasteiger partial charge in [0.1, 0.15) is 11.4 Å². The Kier molecular flexibility index (Phi) is 7.48. The number of ether oxygens (including phenoxy) is 1. The van der Waals surface area contributed by atoms with E-state index in [1.165, 1.54) is 11.3 Å². The zero-order valence-electron chi connectivity index (χ0n) is 13.5. The van der Waals surface area contributed by atoms with Crippen molar-refractivity contribution in [1.82, 2.24) is 9.88 Å². The van der Waals surface area contributed by atoms with Crippen molar-refractivity contribution in [1.29, 1.82) is 0 Å². The van der Waals surface area contributed by atoms with E-state index in [9.17, 15) is 4.79 Å². The maximum absolute atomic E-state index is 12.4. The minimum Gasteiger partial charge on any atom is -0.496 e. The Balaban J connectivity index is 0.00000264. The van der Waals surface area contributed by atoms with Gasteiger partial charge in [0, 0.05) is 25.4 Å². The van der Waals surface area contributed by atoms with E-state index >= 15 is 0 Å². The van der Waals surface area contributed by atoms with Crippen molar-refractivity contribution in [2.24, 2.45) is 5.73 Å². The molecule has 0 unspecified atom stereocenters. The van der Waals surface area contributed by atoms with Crippen LogP contribution in [0, 0.1) is 6.92 Å². The molecule has 0 aliphatic heterocycles. The molecule has 1 amide bonds. The smallest absolute Gasteiger partial charge is 0.273 e. The van der Waals surface area contributed by atoms with Crippen molar-refractivity contribution < 1.29 is 9.53 Å². The van der Waals surface area contributed by atoms with Gasteiger partial charge in [0.15, 0.2) is 0 Å². The van der Waals surface area contributed by atoms with E-state index in [1.54, 1.807) is 24.4 Å². The van der Waals surface area contributed by atoms with E-state index < -0.39 is 0 Å². The maximum Gasteiger partial charge on any atom is 0.273 e. The monoisotopic (exact) mass is 355 g/mol. The van der Waals surface area contributed by atoms with E-state index in [2.05, 4.69) is 4.98 Å². The van der Waals surface area contributed by atoms with Gasteiger partial charge in [-0.25, -0.2) is 4.98 Å². The number of hydrogen-bond acceptors (Lipinski definition) is 5. The highest BCUT2D eigenvalue weighted by Gasteiger charge is 2.16. The molecule has 0 fully saturated rings. The number of carbonyl (C=O) groups excluding carboxylic acids is 1. The number of benzene rings is 1. The van der Waals surface area contributed by atoms with Gasteiger partial charge >= 0.3 is 0 Å². The number of thiazole rings is 1. The molecule has 2 N–H and O–H groups in total. The standard InChI is InChI=1S/C16H21N3O2S.ClH/c1-11-8-12(4-5-14(11)21-3)9-19(2)16(20)13-10-22-15(18-13)6-7-17;/h4-5,8,10H,6-7,9,17H2,1-3H3;1H. The molecule has 2 rings (SSSR count). The van der Waals surface area contributed by atoms with Crippen LogP contribution in [0.3, 0.4) is 0 Å². The molecule has 2 aromatic rings. The number of aryl methyl sites for hydroxylation is 1. The fraction of sp³-hybridized carbons (Fsp3) is 0.375. The highest BCUT2D eigenvalue weighted by Crippen LogP contribution is 2.20.